The lowest BCUT2D eigenvalue weighted by Gasteiger charge is -1.95. The molecular formula is C8H6BrNO2. The molecule has 0 aliphatic heterocycles. The van der Waals surface area contributed by atoms with Crippen LogP contribution in [-0.2, 0) is 0 Å². The maximum Gasteiger partial charge on any atom is 0.265 e. The third kappa shape index (κ3) is 1.18. The van der Waals surface area contributed by atoms with Crippen LogP contribution in [0.5, 0.6) is 5.75 Å². The number of hydrogen-bond acceptors (Lipinski definition) is 3. The second-order valence-corrected chi connectivity index (χ2v) is 2.98. The lowest BCUT2D eigenvalue weighted by Crippen LogP contribution is -1.80. The van der Waals surface area contributed by atoms with Gasteiger partial charge in [0.05, 0.1) is 7.11 Å². The highest BCUT2D eigenvalue weighted by molar-refractivity contribution is 9.10. The number of nitrogens with zero attached hydrogens (tertiary/aromatic N) is 1. The number of methoxy groups -OCH3 is 1. The molecule has 0 unspecified atom stereocenters. The molecular weight excluding hydrogens is 222 g/mol. The first kappa shape index (κ1) is 7.61. The zero-order chi connectivity index (χ0) is 8.55. The molecule has 0 aliphatic carbocycles. The lowest BCUT2D eigenvalue weighted by atomic mass is 10.3. The van der Waals surface area contributed by atoms with Crippen LogP contribution in [0.4, 0.5) is 0 Å². The van der Waals surface area contributed by atoms with Crippen LogP contribution in [0.25, 0.3) is 11.1 Å². The predicted molar refractivity (Wildman–Crippen MR) is 48.3 cm³/mol. The van der Waals surface area contributed by atoms with Crippen molar-refractivity contribution in [3.8, 4) is 5.75 Å². The normalized spacial score (nSPS) is 10.5. The fourth-order valence-electron chi connectivity index (χ4n) is 1.01. The van der Waals surface area contributed by atoms with Gasteiger partial charge in [0.15, 0.2) is 5.58 Å². The largest absolute Gasteiger partial charge is 0.497 e. The van der Waals surface area contributed by atoms with E-state index in [4.69, 9.17) is 9.15 Å². The Hall–Kier alpha value is -1.03. The van der Waals surface area contributed by atoms with Crippen LogP contribution in [0.1, 0.15) is 0 Å². The molecule has 0 aliphatic rings. The van der Waals surface area contributed by atoms with Gasteiger partial charge in [0.1, 0.15) is 11.3 Å². The number of rotatable bonds is 1. The number of fused-ring (bicyclic) bond motifs is 1. The fourth-order valence-corrected chi connectivity index (χ4v) is 1.37. The first-order valence-electron chi connectivity index (χ1n) is 3.39. The third-order valence-electron chi connectivity index (χ3n) is 1.57. The van der Waals surface area contributed by atoms with Crippen molar-refractivity contribution in [1.82, 2.24) is 4.98 Å². The molecule has 0 saturated heterocycles. The van der Waals surface area contributed by atoms with Gasteiger partial charge in [-0.1, -0.05) is 0 Å². The molecule has 1 heterocycles. The number of aromatic nitrogens is 1. The highest BCUT2D eigenvalue weighted by Gasteiger charge is 2.03. The molecule has 12 heavy (non-hydrogen) atoms. The van der Waals surface area contributed by atoms with Crippen molar-refractivity contribution in [2.24, 2.45) is 0 Å². The van der Waals surface area contributed by atoms with Crippen LogP contribution < -0.4 is 4.74 Å². The predicted octanol–water partition coefficient (Wildman–Crippen LogP) is 2.60. The van der Waals surface area contributed by atoms with Gasteiger partial charge in [-0.15, -0.1) is 0 Å². The number of ether oxygens (including phenoxy) is 1. The molecule has 1 aromatic carbocycles. The van der Waals surface area contributed by atoms with E-state index in [2.05, 4.69) is 20.9 Å². The van der Waals surface area contributed by atoms with Crippen LogP contribution in [-0.4, -0.2) is 12.1 Å². The zero-order valence-corrected chi connectivity index (χ0v) is 7.96. The van der Waals surface area contributed by atoms with E-state index in [0.717, 1.165) is 16.8 Å². The van der Waals surface area contributed by atoms with Gasteiger partial charge in [0.25, 0.3) is 4.80 Å². The fraction of sp³-hybridized carbons (Fsp3) is 0.125. The molecule has 62 valence electrons. The highest BCUT2D eigenvalue weighted by atomic mass is 79.9. The third-order valence-corrected chi connectivity index (χ3v) is 1.91. The Kier molecular flexibility index (Phi) is 1.77. The Morgan fingerprint density at radius 2 is 2.33 bits per heavy atom. The van der Waals surface area contributed by atoms with Gasteiger partial charge in [0, 0.05) is 22.0 Å². The minimum absolute atomic E-state index is 0.491. The summed E-state index contributed by atoms with van der Waals surface area (Å²) in [5.41, 5.74) is 1.55. The summed E-state index contributed by atoms with van der Waals surface area (Å²) in [6.07, 6.45) is 0. The summed E-state index contributed by atoms with van der Waals surface area (Å²) in [6, 6.07) is 5.48. The molecule has 3 nitrogen and oxygen atoms in total. The van der Waals surface area contributed by atoms with E-state index in [1.54, 1.807) is 7.11 Å². The first-order chi connectivity index (χ1) is 5.79. The average Bonchev–Trinajstić information content (AvgIpc) is 2.43. The molecule has 0 saturated carbocycles. The van der Waals surface area contributed by atoms with Crippen LogP contribution in [0, 0.1) is 0 Å². The van der Waals surface area contributed by atoms with E-state index < -0.39 is 0 Å². The molecule has 2 rings (SSSR count). The molecule has 0 atom stereocenters. The molecule has 0 fully saturated rings. The monoisotopic (exact) mass is 227 g/mol. The number of oxazole rings is 1. The Balaban J connectivity index is 2.66. The summed E-state index contributed by atoms with van der Waals surface area (Å²) in [5.74, 6) is 0.781. The molecule has 0 N–H and O–H groups in total. The minimum atomic E-state index is 0.491. The SMILES string of the molecule is COc1ccc2oc(Br)nc2c1. The van der Waals surface area contributed by atoms with E-state index in [0.29, 0.717) is 4.80 Å². The van der Waals surface area contributed by atoms with Gasteiger partial charge in [-0.05, 0) is 12.1 Å². The molecule has 0 bridgehead atoms. The molecule has 1 aromatic heterocycles. The maximum absolute atomic E-state index is 5.22. The van der Waals surface area contributed by atoms with E-state index in [1.165, 1.54) is 0 Å². The molecule has 0 radical (unpaired) electrons. The van der Waals surface area contributed by atoms with Crippen LogP contribution in [0.15, 0.2) is 27.4 Å². The summed E-state index contributed by atoms with van der Waals surface area (Å²) in [6.45, 7) is 0. The lowest BCUT2D eigenvalue weighted by molar-refractivity contribution is 0.415. The number of hydrogen-bond donors (Lipinski definition) is 0. The van der Waals surface area contributed by atoms with Gasteiger partial charge in [-0.2, -0.15) is 0 Å². The summed E-state index contributed by atoms with van der Waals surface area (Å²) in [4.78, 5) is 4.58. The first-order valence-corrected chi connectivity index (χ1v) is 4.19. The van der Waals surface area contributed by atoms with E-state index in [-0.39, 0.29) is 0 Å². The zero-order valence-electron chi connectivity index (χ0n) is 6.37. The summed E-state index contributed by atoms with van der Waals surface area (Å²) in [5, 5.41) is 0. The van der Waals surface area contributed by atoms with Gasteiger partial charge in [0.2, 0.25) is 0 Å². The van der Waals surface area contributed by atoms with Crippen molar-refractivity contribution >= 4 is 27.0 Å². The number of halogens is 1. The Morgan fingerprint density at radius 1 is 1.50 bits per heavy atom. The van der Waals surface area contributed by atoms with E-state index in [9.17, 15) is 0 Å². The molecule has 2 aromatic rings. The quantitative estimate of drug-likeness (QED) is 0.752. The second kappa shape index (κ2) is 2.79. The maximum atomic E-state index is 5.22. The minimum Gasteiger partial charge on any atom is -0.497 e. The van der Waals surface area contributed by atoms with Crippen LogP contribution >= 0.6 is 15.9 Å². The average molecular weight is 228 g/mol. The summed E-state index contributed by atoms with van der Waals surface area (Å²) in [7, 11) is 1.62. The van der Waals surface area contributed by atoms with E-state index >= 15 is 0 Å². The van der Waals surface area contributed by atoms with Crippen molar-refractivity contribution in [2.45, 2.75) is 0 Å². The summed E-state index contributed by atoms with van der Waals surface area (Å²) < 4.78 is 10.3. The molecule has 0 spiro atoms. The van der Waals surface area contributed by atoms with Crippen molar-refractivity contribution in [3.05, 3.63) is 23.0 Å². The van der Waals surface area contributed by atoms with Gasteiger partial charge in [-0.3, -0.25) is 0 Å². The van der Waals surface area contributed by atoms with Gasteiger partial charge < -0.3 is 9.15 Å². The second-order valence-electron chi connectivity index (χ2n) is 2.30. The van der Waals surface area contributed by atoms with Gasteiger partial charge >= 0.3 is 0 Å². The Labute approximate surface area is 77.5 Å². The van der Waals surface area contributed by atoms with Crippen molar-refractivity contribution in [3.63, 3.8) is 0 Å². The van der Waals surface area contributed by atoms with E-state index in [1.807, 2.05) is 18.2 Å². The Bertz CT molecular complexity index is 410. The van der Waals surface area contributed by atoms with Crippen LogP contribution in [0.3, 0.4) is 0 Å². The van der Waals surface area contributed by atoms with Crippen LogP contribution in [0.2, 0.25) is 0 Å². The van der Waals surface area contributed by atoms with Crippen molar-refractivity contribution < 1.29 is 9.15 Å². The van der Waals surface area contributed by atoms with Crippen molar-refractivity contribution in [2.75, 3.05) is 7.11 Å². The molecule has 4 heteroatoms. The molecule has 0 amide bonds. The summed E-state index contributed by atoms with van der Waals surface area (Å²) >= 11 is 3.15. The van der Waals surface area contributed by atoms with Gasteiger partial charge in [-0.25, -0.2) is 4.98 Å². The standard InChI is InChI=1S/C8H6BrNO2/c1-11-5-2-3-7-6(4-5)10-8(9)12-7/h2-4H,1H3. The number of benzene rings is 1. The Morgan fingerprint density at radius 3 is 3.08 bits per heavy atom. The highest BCUT2D eigenvalue weighted by Crippen LogP contribution is 2.23. The van der Waals surface area contributed by atoms with Crippen molar-refractivity contribution in [1.29, 1.82) is 0 Å². The smallest absolute Gasteiger partial charge is 0.265 e. The topological polar surface area (TPSA) is 35.3 Å².